The molecule has 1 fully saturated rings. The van der Waals surface area contributed by atoms with Crippen LogP contribution in [0.2, 0.25) is 5.02 Å². The van der Waals surface area contributed by atoms with Crippen molar-refractivity contribution in [2.24, 2.45) is 11.8 Å². The summed E-state index contributed by atoms with van der Waals surface area (Å²) < 4.78 is 40.2. The summed E-state index contributed by atoms with van der Waals surface area (Å²) in [5, 5.41) is -0.0733. The van der Waals surface area contributed by atoms with Crippen molar-refractivity contribution in [3.63, 3.8) is 0 Å². The number of amides is 2. The van der Waals surface area contributed by atoms with Gasteiger partial charge in [0.2, 0.25) is 11.8 Å². The van der Waals surface area contributed by atoms with Crippen LogP contribution in [0.3, 0.4) is 0 Å². The van der Waals surface area contributed by atoms with Crippen LogP contribution in [0, 0.1) is 11.8 Å². The summed E-state index contributed by atoms with van der Waals surface area (Å²) in [6.45, 7) is 1.96. The summed E-state index contributed by atoms with van der Waals surface area (Å²) in [6.07, 6.45) is -4.63. The molecule has 3 aromatic rings. The topological polar surface area (TPSA) is 37.4 Å². The highest BCUT2D eigenvalue weighted by Gasteiger charge is 2.66. The van der Waals surface area contributed by atoms with Gasteiger partial charge in [-0.15, -0.1) is 0 Å². The first-order valence-electron chi connectivity index (χ1n) is 10.6. The van der Waals surface area contributed by atoms with E-state index in [1.54, 1.807) is 0 Å². The van der Waals surface area contributed by atoms with Crippen LogP contribution in [0.5, 0.6) is 0 Å². The smallest absolute Gasteiger partial charge is 0.274 e. The molecule has 2 atom stereocenters. The fraction of sp³-hybridized carbons (Fsp3) is 0.231. The Morgan fingerprint density at radius 1 is 0.879 bits per heavy atom. The van der Waals surface area contributed by atoms with Gasteiger partial charge in [-0.3, -0.25) is 9.59 Å². The van der Waals surface area contributed by atoms with Crippen molar-refractivity contribution in [3.8, 4) is 0 Å². The highest BCUT2D eigenvalue weighted by atomic mass is 35.5. The molecule has 3 nitrogen and oxygen atoms in total. The Bertz CT molecular complexity index is 1320. The third-order valence-corrected chi connectivity index (χ3v) is 7.88. The highest BCUT2D eigenvalue weighted by molar-refractivity contribution is 6.36. The monoisotopic (exact) mass is 467 g/mol. The fourth-order valence-corrected chi connectivity index (χ4v) is 6.45. The molecule has 7 rings (SSSR count). The van der Waals surface area contributed by atoms with E-state index in [2.05, 4.69) is 0 Å². The van der Waals surface area contributed by atoms with Crippen LogP contribution in [-0.4, -0.2) is 11.8 Å². The molecule has 2 bridgehead atoms. The summed E-state index contributed by atoms with van der Waals surface area (Å²) >= 11 is 6.24. The lowest BCUT2D eigenvalue weighted by molar-refractivity contribution is -0.137. The van der Waals surface area contributed by atoms with E-state index in [4.69, 9.17) is 11.6 Å². The van der Waals surface area contributed by atoms with Crippen LogP contribution in [-0.2, 0) is 21.2 Å². The van der Waals surface area contributed by atoms with Crippen molar-refractivity contribution in [1.82, 2.24) is 0 Å². The molecule has 0 N–H and O–H groups in total. The Hall–Kier alpha value is -3.12. The van der Waals surface area contributed by atoms with Crippen molar-refractivity contribution >= 4 is 29.1 Å². The molecular weight excluding hydrogens is 451 g/mol. The summed E-state index contributed by atoms with van der Waals surface area (Å²) in [5.74, 6) is -2.81. The van der Waals surface area contributed by atoms with Crippen molar-refractivity contribution in [2.45, 2.75) is 24.4 Å². The van der Waals surface area contributed by atoms with E-state index in [0.717, 1.165) is 45.4 Å². The normalized spacial score (nSPS) is 27.4. The molecule has 1 aliphatic heterocycles. The number of alkyl halides is 3. The molecule has 33 heavy (non-hydrogen) atoms. The summed E-state index contributed by atoms with van der Waals surface area (Å²) in [5.41, 5.74) is 1.96. The lowest BCUT2D eigenvalue weighted by atomic mass is 9.48. The zero-order chi connectivity index (χ0) is 23.3. The Balaban J connectivity index is 1.58. The van der Waals surface area contributed by atoms with Gasteiger partial charge in [0.25, 0.3) is 0 Å². The Morgan fingerprint density at radius 2 is 1.45 bits per heavy atom. The van der Waals surface area contributed by atoms with E-state index in [1.807, 2.05) is 55.5 Å². The van der Waals surface area contributed by atoms with Crippen molar-refractivity contribution in [3.05, 3.63) is 99.6 Å². The largest absolute Gasteiger partial charge is 0.416 e. The van der Waals surface area contributed by atoms with E-state index in [0.29, 0.717) is 0 Å². The van der Waals surface area contributed by atoms with Gasteiger partial charge in [0.1, 0.15) is 0 Å². The van der Waals surface area contributed by atoms with Crippen LogP contribution in [0.1, 0.15) is 40.7 Å². The van der Waals surface area contributed by atoms with Gasteiger partial charge < -0.3 is 0 Å². The molecule has 0 radical (unpaired) electrons. The number of rotatable bonds is 1. The van der Waals surface area contributed by atoms with Crippen molar-refractivity contribution < 1.29 is 22.8 Å². The van der Waals surface area contributed by atoms with Crippen molar-refractivity contribution in [1.29, 1.82) is 0 Å². The molecule has 3 aliphatic carbocycles. The third kappa shape index (κ3) is 2.47. The highest BCUT2D eigenvalue weighted by Crippen LogP contribution is 2.64. The number of anilines is 1. The quantitative estimate of drug-likeness (QED) is 0.416. The average Bonchev–Trinajstić information content (AvgIpc) is 3.05. The molecule has 1 saturated heterocycles. The lowest BCUT2D eigenvalue weighted by Gasteiger charge is -2.52. The molecule has 3 aromatic carbocycles. The zero-order valence-corrected chi connectivity index (χ0v) is 18.1. The maximum Gasteiger partial charge on any atom is 0.416 e. The summed E-state index contributed by atoms with van der Waals surface area (Å²) in [6, 6.07) is 18.3. The molecule has 7 heteroatoms. The molecule has 4 aliphatic rings. The van der Waals surface area contributed by atoms with Gasteiger partial charge in [-0.1, -0.05) is 67.1 Å². The van der Waals surface area contributed by atoms with Gasteiger partial charge in [0.15, 0.2) is 0 Å². The number of hydrogen-bond donors (Lipinski definition) is 0. The minimum absolute atomic E-state index is 0.0733. The Morgan fingerprint density at radius 3 is 2.03 bits per heavy atom. The first kappa shape index (κ1) is 20.5. The first-order valence-corrected chi connectivity index (χ1v) is 11.0. The van der Waals surface area contributed by atoms with Gasteiger partial charge in [0, 0.05) is 11.3 Å². The predicted molar refractivity (Wildman–Crippen MR) is 117 cm³/mol. The molecule has 166 valence electrons. The average molecular weight is 468 g/mol. The number of carbonyl (C=O) groups is 2. The molecular formula is C26H17ClF3NO2. The summed E-state index contributed by atoms with van der Waals surface area (Å²) in [4.78, 5) is 28.5. The van der Waals surface area contributed by atoms with Crippen LogP contribution in [0.4, 0.5) is 18.9 Å². The number of nitrogens with zero attached hydrogens (tertiary/aromatic N) is 1. The van der Waals surface area contributed by atoms with Crippen LogP contribution >= 0.6 is 11.6 Å². The van der Waals surface area contributed by atoms with Gasteiger partial charge >= 0.3 is 6.18 Å². The van der Waals surface area contributed by atoms with E-state index in [1.165, 1.54) is 0 Å². The second-order valence-corrected chi connectivity index (χ2v) is 9.44. The standard InChI is InChI=1S/C26H17ClF3NO2/c1-25-16-8-4-2-6-14(16)20(15-7-3-5-9-17(15)25)21-22(25)24(33)31(23(21)32)19-12-13(26(28,29)30)10-11-18(19)27/h2-12,20-22H,1H3/t20?,21-,22+,25?/m1/s1. The van der Waals surface area contributed by atoms with Gasteiger partial charge in [-0.25, -0.2) is 4.90 Å². The molecule has 0 spiro atoms. The van der Waals surface area contributed by atoms with E-state index in [-0.39, 0.29) is 16.6 Å². The second-order valence-electron chi connectivity index (χ2n) is 9.03. The fourth-order valence-electron chi connectivity index (χ4n) is 6.25. The second kappa shape index (κ2) is 6.48. The molecule has 1 heterocycles. The first-order chi connectivity index (χ1) is 15.7. The number of benzene rings is 3. The predicted octanol–water partition coefficient (Wildman–Crippen LogP) is 5.93. The van der Waals surface area contributed by atoms with E-state index >= 15 is 0 Å². The Labute approximate surface area is 192 Å². The van der Waals surface area contributed by atoms with Gasteiger partial charge in [-0.05, 0) is 40.5 Å². The number of carbonyl (C=O) groups excluding carboxylic acids is 2. The molecule has 0 unspecified atom stereocenters. The molecule has 2 amide bonds. The number of halogens is 4. The lowest BCUT2D eigenvalue weighted by Crippen LogP contribution is -2.51. The number of imide groups is 1. The SMILES string of the molecule is CC12c3ccccc3C(c3ccccc31)[C@H]1C(=O)N(c3cc(C(F)(F)F)ccc3Cl)C(=O)[C@H]12. The molecule has 0 saturated carbocycles. The van der Waals surface area contributed by atoms with Gasteiger partial charge in [0.05, 0.1) is 28.1 Å². The van der Waals surface area contributed by atoms with E-state index < -0.39 is 40.8 Å². The zero-order valence-electron chi connectivity index (χ0n) is 17.4. The van der Waals surface area contributed by atoms with E-state index in [9.17, 15) is 22.8 Å². The maximum atomic E-state index is 13.8. The maximum absolute atomic E-state index is 13.8. The third-order valence-electron chi connectivity index (χ3n) is 7.56. The van der Waals surface area contributed by atoms with Crippen LogP contribution in [0.15, 0.2) is 66.7 Å². The molecule has 0 aromatic heterocycles. The minimum atomic E-state index is -4.63. The number of hydrogen-bond acceptors (Lipinski definition) is 2. The van der Waals surface area contributed by atoms with Gasteiger partial charge in [-0.2, -0.15) is 13.2 Å². The van der Waals surface area contributed by atoms with Crippen LogP contribution < -0.4 is 4.90 Å². The van der Waals surface area contributed by atoms with Crippen LogP contribution in [0.25, 0.3) is 0 Å². The minimum Gasteiger partial charge on any atom is -0.274 e. The summed E-state index contributed by atoms with van der Waals surface area (Å²) in [7, 11) is 0. The van der Waals surface area contributed by atoms with Crippen molar-refractivity contribution in [2.75, 3.05) is 4.90 Å². The Kier molecular flexibility index (Phi) is 4.02.